The lowest BCUT2D eigenvalue weighted by atomic mass is 10.1. The van der Waals surface area contributed by atoms with Crippen LogP contribution in [0, 0.1) is 5.82 Å². The van der Waals surface area contributed by atoms with Gasteiger partial charge in [-0.15, -0.1) is 24.0 Å². The maximum absolute atomic E-state index is 13.8. The number of rotatable bonds is 5. The number of guanidine groups is 1. The first-order valence-electron chi connectivity index (χ1n) is 9.24. The zero-order valence-electron chi connectivity index (χ0n) is 16.5. The molecule has 0 aliphatic carbocycles. The Kier molecular flexibility index (Phi) is 8.38. The molecule has 1 unspecified atom stereocenters. The van der Waals surface area contributed by atoms with Gasteiger partial charge in [0.1, 0.15) is 18.5 Å². The van der Waals surface area contributed by atoms with Crippen LogP contribution in [-0.4, -0.2) is 64.4 Å². The number of carbonyl (C=O) groups excluding carboxylic acids is 1. The number of carbonyl (C=O) groups is 1. The first-order chi connectivity index (χ1) is 13.5. The molecule has 0 bridgehead atoms. The number of hydrogen-bond donors (Lipinski definition) is 2. The number of piperazine rings is 1. The van der Waals surface area contributed by atoms with Crippen LogP contribution >= 0.6 is 24.0 Å². The molecule has 29 heavy (non-hydrogen) atoms. The fourth-order valence-corrected chi connectivity index (χ4v) is 3.12. The molecule has 1 saturated heterocycles. The average Bonchev–Trinajstić information content (AvgIpc) is 3.11. The van der Waals surface area contributed by atoms with Crippen molar-refractivity contribution in [3.8, 4) is 0 Å². The molecule has 1 fully saturated rings. The molecular weight excluding hydrogens is 490 g/mol. The summed E-state index contributed by atoms with van der Waals surface area (Å²) < 4.78 is 15.5. The summed E-state index contributed by atoms with van der Waals surface area (Å²) in [6.45, 7) is 3.80. The summed E-state index contributed by atoms with van der Waals surface area (Å²) in [5.41, 5.74) is 0.976. The highest BCUT2D eigenvalue weighted by Gasteiger charge is 2.27. The highest BCUT2D eigenvalue weighted by atomic mass is 127. The summed E-state index contributed by atoms with van der Waals surface area (Å²) in [5, 5.41) is 17.5. The normalized spacial score (nSPS) is 15.9. The molecule has 0 saturated carbocycles. The quantitative estimate of drug-likeness (QED) is 0.358. The Bertz CT molecular complexity index is 859. The third-order valence-electron chi connectivity index (χ3n) is 4.54. The van der Waals surface area contributed by atoms with E-state index in [1.165, 1.54) is 6.07 Å². The van der Waals surface area contributed by atoms with E-state index in [1.54, 1.807) is 47.2 Å². The monoisotopic (exact) mass is 516 g/mol. The van der Waals surface area contributed by atoms with E-state index in [0.29, 0.717) is 25.6 Å². The molecule has 1 aliphatic rings. The van der Waals surface area contributed by atoms with Crippen molar-refractivity contribution in [1.29, 1.82) is 0 Å². The minimum Gasteiger partial charge on any atom is -0.386 e. The van der Waals surface area contributed by atoms with Gasteiger partial charge in [-0.1, -0.05) is 18.2 Å². The second-order valence-corrected chi connectivity index (χ2v) is 6.57. The van der Waals surface area contributed by atoms with E-state index >= 15 is 0 Å². The number of benzene rings is 1. The van der Waals surface area contributed by atoms with E-state index in [1.807, 2.05) is 11.8 Å². The molecule has 1 atom stereocenters. The lowest BCUT2D eigenvalue weighted by molar-refractivity contribution is -0.120. The average molecular weight is 516 g/mol. The maximum Gasteiger partial charge on any atom is 0.246 e. The fourth-order valence-electron chi connectivity index (χ4n) is 3.12. The lowest BCUT2D eigenvalue weighted by Crippen LogP contribution is -2.55. The number of aromatic nitrogens is 2. The molecule has 3 rings (SSSR count). The largest absolute Gasteiger partial charge is 0.386 e. The van der Waals surface area contributed by atoms with Gasteiger partial charge in [-0.05, 0) is 13.0 Å². The van der Waals surface area contributed by atoms with E-state index in [9.17, 15) is 14.3 Å². The van der Waals surface area contributed by atoms with Crippen molar-refractivity contribution >= 4 is 41.5 Å². The molecule has 0 spiro atoms. The smallest absolute Gasteiger partial charge is 0.246 e. The van der Waals surface area contributed by atoms with E-state index in [4.69, 9.17) is 0 Å². The van der Waals surface area contributed by atoms with Crippen LogP contribution in [0.25, 0.3) is 0 Å². The summed E-state index contributed by atoms with van der Waals surface area (Å²) in [5.74, 6) is 0.00652. The van der Waals surface area contributed by atoms with E-state index in [2.05, 4.69) is 15.4 Å². The number of aliphatic imine (C=N–C) groups is 1. The molecule has 1 aliphatic heterocycles. The van der Waals surface area contributed by atoms with E-state index < -0.39 is 11.9 Å². The van der Waals surface area contributed by atoms with Crippen LogP contribution in [-0.2, 0) is 11.8 Å². The van der Waals surface area contributed by atoms with Gasteiger partial charge in [0.15, 0.2) is 5.96 Å². The number of nitrogens with zero attached hydrogens (tertiary/aromatic N) is 5. The second kappa shape index (κ2) is 10.5. The lowest BCUT2D eigenvalue weighted by Gasteiger charge is -2.35. The minimum atomic E-state index is -1.05. The van der Waals surface area contributed by atoms with Gasteiger partial charge in [0.25, 0.3) is 0 Å². The minimum absolute atomic E-state index is 0. The molecule has 1 amide bonds. The Labute approximate surface area is 186 Å². The highest BCUT2D eigenvalue weighted by Crippen LogP contribution is 2.18. The van der Waals surface area contributed by atoms with Crippen LogP contribution in [0.2, 0.25) is 0 Å². The number of aliphatic hydroxyl groups is 1. The highest BCUT2D eigenvalue weighted by molar-refractivity contribution is 14.0. The molecule has 1 aromatic carbocycles. The number of aliphatic hydroxyl groups excluding tert-OH is 1. The summed E-state index contributed by atoms with van der Waals surface area (Å²) in [6.07, 6.45) is 2.41. The predicted molar refractivity (Wildman–Crippen MR) is 120 cm³/mol. The van der Waals surface area contributed by atoms with Gasteiger partial charge >= 0.3 is 0 Å². The SMILES string of the molecule is CCNC(=NCC(O)c1ccccc1F)N1CCN(c2cnn(C)c2)C(=O)C1.I. The molecular formula is C19H26FIN6O2. The Morgan fingerprint density at radius 3 is 2.76 bits per heavy atom. The number of hydrogen-bond acceptors (Lipinski definition) is 4. The number of amides is 1. The predicted octanol–water partition coefficient (Wildman–Crippen LogP) is 1.52. The fraction of sp³-hybridized carbons (Fsp3) is 0.421. The van der Waals surface area contributed by atoms with Gasteiger partial charge in [0.2, 0.25) is 5.91 Å². The maximum atomic E-state index is 13.8. The molecule has 10 heteroatoms. The first kappa shape index (κ1) is 23.1. The molecule has 2 heterocycles. The zero-order chi connectivity index (χ0) is 20.1. The third-order valence-corrected chi connectivity index (χ3v) is 4.54. The molecule has 0 radical (unpaired) electrons. The number of nitrogens with one attached hydrogen (secondary N) is 1. The molecule has 1 aromatic heterocycles. The Hall–Kier alpha value is -2.21. The second-order valence-electron chi connectivity index (χ2n) is 6.57. The van der Waals surface area contributed by atoms with Crippen LogP contribution in [0.15, 0.2) is 41.7 Å². The van der Waals surface area contributed by atoms with Crippen molar-refractivity contribution in [2.45, 2.75) is 13.0 Å². The van der Waals surface area contributed by atoms with Crippen molar-refractivity contribution in [3.05, 3.63) is 48.0 Å². The van der Waals surface area contributed by atoms with Gasteiger partial charge in [-0.25, -0.2) is 4.39 Å². The zero-order valence-corrected chi connectivity index (χ0v) is 18.8. The van der Waals surface area contributed by atoms with Crippen LogP contribution in [0.3, 0.4) is 0 Å². The van der Waals surface area contributed by atoms with Crippen molar-refractivity contribution in [3.63, 3.8) is 0 Å². The van der Waals surface area contributed by atoms with Crippen molar-refractivity contribution in [2.75, 3.05) is 37.6 Å². The van der Waals surface area contributed by atoms with Crippen LogP contribution < -0.4 is 10.2 Å². The Morgan fingerprint density at radius 2 is 2.14 bits per heavy atom. The number of anilines is 1. The number of aryl methyl sites for hydroxylation is 1. The van der Waals surface area contributed by atoms with Gasteiger partial charge in [0, 0.05) is 38.4 Å². The van der Waals surface area contributed by atoms with E-state index in [0.717, 1.165) is 5.69 Å². The summed E-state index contributed by atoms with van der Waals surface area (Å²) in [4.78, 5) is 20.5. The summed E-state index contributed by atoms with van der Waals surface area (Å²) in [6, 6.07) is 6.10. The van der Waals surface area contributed by atoms with E-state index in [-0.39, 0.29) is 48.5 Å². The van der Waals surface area contributed by atoms with Gasteiger partial charge in [0.05, 0.1) is 18.4 Å². The standard InChI is InChI=1S/C19H25FN6O2.HI/c1-3-21-19(22-11-17(27)15-6-4-5-7-16(15)20)25-8-9-26(18(28)13-25)14-10-23-24(2)12-14;/h4-7,10,12,17,27H,3,8-9,11,13H2,1-2H3,(H,21,22);1H. The Balaban J connectivity index is 0.00000300. The number of halogens is 2. The molecule has 158 valence electrons. The first-order valence-corrected chi connectivity index (χ1v) is 9.24. The summed E-state index contributed by atoms with van der Waals surface area (Å²) in [7, 11) is 1.81. The van der Waals surface area contributed by atoms with Gasteiger partial charge in [-0.2, -0.15) is 5.10 Å². The third kappa shape index (κ3) is 5.66. The van der Waals surface area contributed by atoms with Crippen molar-refractivity contribution in [1.82, 2.24) is 20.0 Å². The molecule has 2 aromatic rings. The van der Waals surface area contributed by atoms with Gasteiger partial charge in [-0.3, -0.25) is 14.5 Å². The Morgan fingerprint density at radius 1 is 1.38 bits per heavy atom. The summed E-state index contributed by atoms with van der Waals surface area (Å²) >= 11 is 0. The van der Waals surface area contributed by atoms with Gasteiger partial charge < -0.3 is 20.2 Å². The van der Waals surface area contributed by atoms with Crippen molar-refractivity contribution < 1.29 is 14.3 Å². The molecule has 8 nitrogen and oxygen atoms in total. The van der Waals surface area contributed by atoms with Crippen molar-refractivity contribution in [2.24, 2.45) is 12.0 Å². The van der Waals surface area contributed by atoms with Crippen LogP contribution in [0.1, 0.15) is 18.6 Å². The topological polar surface area (TPSA) is 86.0 Å². The van der Waals surface area contributed by atoms with Crippen LogP contribution in [0.5, 0.6) is 0 Å². The molecule has 2 N–H and O–H groups in total. The van der Waals surface area contributed by atoms with Crippen LogP contribution in [0.4, 0.5) is 10.1 Å².